The molecular formula is C18H22N4O2. The molecule has 0 aliphatic rings. The van der Waals surface area contributed by atoms with E-state index in [1.165, 1.54) is 0 Å². The molecule has 0 radical (unpaired) electrons. The first-order valence-corrected chi connectivity index (χ1v) is 7.82. The smallest absolute Gasteiger partial charge is 0.319 e. The molecule has 6 nitrogen and oxygen atoms in total. The number of hydrogen-bond acceptors (Lipinski definition) is 3. The molecule has 24 heavy (non-hydrogen) atoms. The zero-order valence-electron chi connectivity index (χ0n) is 14.1. The van der Waals surface area contributed by atoms with E-state index in [0.29, 0.717) is 17.9 Å². The van der Waals surface area contributed by atoms with Gasteiger partial charge in [0.1, 0.15) is 0 Å². The quantitative estimate of drug-likeness (QED) is 0.788. The molecule has 0 saturated carbocycles. The first-order chi connectivity index (χ1) is 11.4. The molecule has 3 amide bonds. The number of aryl methyl sites for hydroxylation is 1. The highest BCUT2D eigenvalue weighted by atomic mass is 16.2. The van der Waals surface area contributed by atoms with Crippen LogP contribution in [-0.4, -0.2) is 16.9 Å². The number of urea groups is 1. The molecule has 0 aliphatic carbocycles. The SMILES string of the molecule is Cc1cccc(CNC(=O)Nc2cccc(NC(=O)C(C)C)c2)n1. The van der Waals surface area contributed by atoms with Gasteiger partial charge in [0.15, 0.2) is 0 Å². The first kappa shape index (κ1) is 17.5. The third-order valence-electron chi connectivity index (χ3n) is 3.29. The average molecular weight is 326 g/mol. The van der Waals surface area contributed by atoms with Crippen molar-refractivity contribution in [1.82, 2.24) is 10.3 Å². The number of nitrogens with zero attached hydrogens (tertiary/aromatic N) is 1. The standard InChI is InChI=1S/C18H22N4O2/c1-12(2)17(23)21-14-7-5-8-15(10-14)22-18(24)19-11-16-9-4-6-13(3)20-16/h4-10,12H,11H2,1-3H3,(H,21,23)(H2,19,22,24). The van der Waals surface area contributed by atoms with Crippen LogP contribution in [0.4, 0.5) is 16.2 Å². The molecule has 2 aromatic rings. The number of benzene rings is 1. The number of aromatic nitrogens is 1. The molecule has 2 rings (SSSR count). The molecule has 0 spiro atoms. The highest BCUT2D eigenvalue weighted by Crippen LogP contribution is 2.15. The number of amides is 3. The first-order valence-electron chi connectivity index (χ1n) is 7.82. The van der Waals surface area contributed by atoms with Crippen molar-refractivity contribution in [1.29, 1.82) is 0 Å². The average Bonchev–Trinajstić information content (AvgIpc) is 2.53. The highest BCUT2D eigenvalue weighted by molar-refractivity contribution is 5.94. The molecule has 0 unspecified atom stereocenters. The van der Waals surface area contributed by atoms with Crippen LogP contribution in [0.5, 0.6) is 0 Å². The maximum Gasteiger partial charge on any atom is 0.319 e. The van der Waals surface area contributed by atoms with Crippen molar-refractivity contribution in [3.8, 4) is 0 Å². The summed E-state index contributed by atoms with van der Waals surface area (Å²) >= 11 is 0. The zero-order valence-corrected chi connectivity index (χ0v) is 14.1. The predicted molar refractivity (Wildman–Crippen MR) is 94.7 cm³/mol. The Morgan fingerprint density at radius 2 is 1.71 bits per heavy atom. The van der Waals surface area contributed by atoms with Gasteiger partial charge in [-0.15, -0.1) is 0 Å². The number of carbonyl (C=O) groups is 2. The number of hydrogen-bond donors (Lipinski definition) is 3. The van der Waals surface area contributed by atoms with Crippen LogP contribution in [0.15, 0.2) is 42.5 Å². The fourth-order valence-corrected chi connectivity index (χ4v) is 2.01. The normalized spacial score (nSPS) is 10.3. The summed E-state index contributed by atoms with van der Waals surface area (Å²) in [6.07, 6.45) is 0. The summed E-state index contributed by atoms with van der Waals surface area (Å²) in [7, 11) is 0. The molecule has 0 bridgehead atoms. The van der Waals surface area contributed by atoms with Gasteiger partial charge in [-0.2, -0.15) is 0 Å². The van der Waals surface area contributed by atoms with Gasteiger partial charge < -0.3 is 16.0 Å². The summed E-state index contributed by atoms with van der Waals surface area (Å²) < 4.78 is 0. The maximum absolute atomic E-state index is 12.0. The van der Waals surface area contributed by atoms with Crippen LogP contribution in [0, 0.1) is 12.8 Å². The number of rotatable bonds is 5. The summed E-state index contributed by atoms with van der Waals surface area (Å²) in [5, 5.41) is 8.29. The van der Waals surface area contributed by atoms with E-state index < -0.39 is 0 Å². The highest BCUT2D eigenvalue weighted by Gasteiger charge is 2.08. The number of nitrogens with one attached hydrogen (secondary N) is 3. The number of anilines is 2. The van der Waals surface area contributed by atoms with Crippen molar-refractivity contribution < 1.29 is 9.59 Å². The largest absolute Gasteiger partial charge is 0.332 e. The Bertz CT molecular complexity index is 728. The Morgan fingerprint density at radius 3 is 2.38 bits per heavy atom. The minimum Gasteiger partial charge on any atom is -0.332 e. The van der Waals surface area contributed by atoms with E-state index in [4.69, 9.17) is 0 Å². The van der Waals surface area contributed by atoms with Crippen LogP contribution in [0.3, 0.4) is 0 Å². The Kier molecular flexibility index (Phi) is 5.89. The van der Waals surface area contributed by atoms with Crippen molar-refractivity contribution in [2.75, 3.05) is 10.6 Å². The molecule has 1 heterocycles. The van der Waals surface area contributed by atoms with E-state index in [2.05, 4.69) is 20.9 Å². The lowest BCUT2D eigenvalue weighted by atomic mass is 10.2. The Labute approximate surface area is 141 Å². The fraction of sp³-hybridized carbons (Fsp3) is 0.278. The Hall–Kier alpha value is -2.89. The lowest BCUT2D eigenvalue weighted by Gasteiger charge is -2.11. The van der Waals surface area contributed by atoms with E-state index >= 15 is 0 Å². The molecule has 1 aromatic carbocycles. The van der Waals surface area contributed by atoms with E-state index in [1.54, 1.807) is 24.3 Å². The van der Waals surface area contributed by atoms with E-state index in [9.17, 15) is 9.59 Å². The fourth-order valence-electron chi connectivity index (χ4n) is 2.01. The minimum absolute atomic E-state index is 0.0675. The maximum atomic E-state index is 12.0. The van der Waals surface area contributed by atoms with Gasteiger partial charge in [0.05, 0.1) is 12.2 Å². The Balaban J connectivity index is 1.90. The van der Waals surface area contributed by atoms with Gasteiger partial charge in [-0.05, 0) is 37.3 Å². The second-order valence-electron chi connectivity index (χ2n) is 5.80. The third kappa shape index (κ3) is 5.39. The van der Waals surface area contributed by atoms with Crippen LogP contribution in [-0.2, 0) is 11.3 Å². The van der Waals surface area contributed by atoms with Gasteiger partial charge >= 0.3 is 6.03 Å². The molecule has 0 saturated heterocycles. The van der Waals surface area contributed by atoms with Crippen molar-refractivity contribution in [2.45, 2.75) is 27.3 Å². The predicted octanol–water partition coefficient (Wildman–Crippen LogP) is 3.31. The van der Waals surface area contributed by atoms with E-state index in [-0.39, 0.29) is 17.9 Å². The van der Waals surface area contributed by atoms with Crippen LogP contribution in [0.2, 0.25) is 0 Å². The molecule has 1 aromatic heterocycles. The minimum atomic E-state index is -0.328. The second kappa shape index (κ2) is 8.10. The molecule has 0 atom stereocenters. The van der Waals surface area contributed by atoms with Crippen molar-refractivity contribution in [3.05, 3.63) is 53.9 Å². The molecule has 126 valence electrons. The number of pyridine rings is 1. The zero-order chi connectivity index (χ0) is 17.5. The second-order valence-corrected chi connectivity index (χ2v) is 5.80. The molecule has 0 aliphatic heterocycles. The van der Waals surface area contributed by atoms with E-state index in [1.807, 2.05) is 39.0 Å². The Morgan fingerprint density at radius 1 is 1.04 bits per heavy atom. The summed E-state index contributed by atoms with van der Waals surface area (Å²) in [6, 6.07) is 12.4. The lowest BCUT2D eigenvalue weighted by molar-refractivity contribution is -0.118. The van der Waals surface area contributed by atoms with Gasteiger partial charge in [0, 0.05) is 23.0 Å². The van der Waals surface area contributed by atoms with Crippen LogP contribution in [0.25, 0.3) is 0 Å². The molecular weight excluding hydrogens is 304 g/mol. The van der Waals surface area contributed by atoms with Gasteiger partial charge in [-0.1, -0.05) is 26.0 Å². The molecule has 0 fully saturated rings. The summed E-state index contributed by atoms with van der Waals surface area (Å²) in [6.45, 7) is 5.90. The lowest BCUT2D eigenvalue weighted by Crippen LogP contribution is -2.28. The molecule has 6 heteroatoms. The van der Waals surface area contributed by atoms with Crippen LogP contribution < -0.4 is 16.0 Å². The number of carbonyl (C=O) groups excluding carboxylic acids is 2. The summed E-state index contributed by atoms with van der Waals surface area (Å²) in [5.74, 6) is -0.172. The van der Waals surface area contributed by atoms with Crippen molar-refractivity contribution in [3.63, 3.8) is 0 Å². The molecule has 3 N–H and O–H groups in total. The van der Waals surface area contributed by atoms with Crippen LogP contribution >= 0.6 is 0 Å². The van der Waals surface area contributed by atoms with Gasteiger partial charge in [-0.3, -0.25) is 9.78 Å². The van der Waals surface area contributed by atoms with E-state index in [0.717, 1.165) is 11.4 Å². The summed E-state index contributed by atoms with van der Waals surface area (Å²) in [5.41, 5.74) is 2.95. The van der Waals surface area contributed by atoms with Gasteiger partial charge in [0.2, 0.25) is 5.91 Å². The van der Waals surface area contributed by atoms with Crippen molar-refractivity contribution >= 4 is 23.3 Å². The van der Waals surface area contributed by atoms with Crippen molar-refractivity contribution in [2.24, 2.45) is 5.92 Å². The third-order valence-corrected chi connectivity index (χ3v) is 3.29. The van der Waals surface area contributed by atoms with Crippen LogP contribution in [0.1, 0.15) is 25.2 Å². The summed E-state index contributed by atoms with van der Waals surface area (Å²) in [4.78, 5) is 28.0. The van der Waals surface area contributed by atoms with Gasteiger partial charge in [0.25, 0.3) is 0 Å². The topological polar surface area (TPSA) is 83.1 Å². The van der Waals surface area contributed by atoms with Gasteiger partial charge in [-0.25, -0.2) is 4.79 Å². The monoisotopic (exact) mass is 326 g/mol.